The zero-order valence-electron chi connectivity index (χ0n) is 13.6. The van der Waals surface area contributed by atoms with E-state index in [2.05, 4.69) is 0 Å². The molecule has 6 heteroatoms. The molecule has 0 radical (unpaired) electrons. The average Bonchev–Trinajstić information content (AvgIpc) is 2.48. The highest BCUT2D eigenvalue weighted by molar-refractivity contribution is 5.89. The summed E-state index contributed by atoms with van der Waals surface area (Å²) < 4.78 is 4.93. The molecule has 0 aromatic heterocycles. The quantitative estimate of drug-likeness (QED) is 0.602. The lowest BCUT2D eigenvalue weighted by atomic mass is 9.98. The molecule has 0 saturated heterocycles. The number of ether oxygens (including phenoxy) is 1. The normalized spacial score (nSPS) is 27.2. The first-order valence-corrected chi connectivity index (χ1v) is 7.33. The zero-order chi connectivity index (χ0) is 16.4. The van der Waals surface area contributed by atoms with E-state index in [1.54, 1.807) is 6.92 Å². The van der Waals surface area contributed by atoms with Crippen LogP contribution in [0.3, 0.4) is 0 Å². The van der Waals surface area contributed by atoms with Gasteiger partial charge in [0.2, 0.25) is 0 Å². The van der Waals surface area contributed by atoms with Gasteiger partial charge in [0.05, 0.1) is 25.3 Å². The van der Waals surface area contributed by atoms with Crippen molar-refractivity contribution in [3.63, 3.8) is 0 Å². The van der Waals surface area contributed by atoms with Gasteiger partial charge in [-0.05, 0) is 27.7 Å². The van der Waals surface area contributed by atoms with Crippen LogP contribution in [0, 0.1) is 5.92 Å². The third-order valence-electron chi connectivity index (χ3n) is 4.38. The molecule has 2 unspecified atom stereocenters. The summed E-state index contributed by atoms with van der Waals surface area (Å²) in [6.45, 7) is 10.3. The number of amides is 1. The molecule has 0 saturated carbocycles. The summed E-state index contributed by atoms with van der Waals surface area (Å²) in [6, 6.07) is 0. The minimum Gasteiger partial charge on any atom is -0.463 e. The Morgan fingerprint density at radius 3 is 2.43 bits per heavy atom. The number of quaternary nitrogens is 1. The standard InChI is InChI=1S/C15H26N2O4/c1-6-21-13(18)11-7-8-17(14(19)20,15(3,4)5)9-10(2)12(11)16/h10H,6-9H2,1-5H3,(H2-,16,18,19,20)/p+1. The number of carbonyl (C=O) groups excluding carboxylic acids is 1. The fourth-order valence-corrected chi connectivity index (χ4v) is 2.91. The molecule has 1 heterocycles. The summed E-state index contributed by atoms with van der Waals surface area (Å²) in [5.74, 6) is -0.622. The Labute approximate surface area is 126 Å². The largest absolute Gasteiger partial charge is 0.514 e. The minimum absolute atomic E-state index is 0.113. The highest BCUT2D eigenvalue weighted by atomic mass is 16.5. The lowest BCUT2D eigenvalue weighted by Crippen LogP contribution is -2.64. The Hall–Kier alpha value is -1.56. The summed E-state index contributed by atoms with van der Waals surface area (Å²) in [7, 11) is 0. The number of rotatable bonds is 2. The lowest BCUT2D eigenvalue weighted by Gasteiger charge is -2.44. The second-order valence-corrected chi connectivity index (χ2v) is 6.63. The SMILES string of the molecule is CCOC(=O)C1=C(N)C(C)C[N+](C(=O)O)(C(C)(C)C)CC1. The number of carboxylic acid groups (broad SMARTS) is 1. The van der Waals surface area contributed by atoms with E-state index in [9.17, 15) is 14.7 Å². The van der Waals surface area contributed by atoms with Gasteiger partial charge in [-0.1, -0.05) is 6.92 Å². The number of hydrogen-bond acceptors (Lipinski definition) is 4. The molecule has 3 N–H and O–H groups in total. The van der Waals surface area contributed by atoms with Gasteiger partial charge >= 0.3 is 12.1 Å². The molecule has 1 aliphatic rings. The van der Waals surface area contributed by atoms with Gasteiger partial charge < -0.3 is 15.6 Å². The van der Waals surface area contributed by atoms with Gasteiger partial charge in [0.15, 0.2) is 0 Å². The Bertz CT molecular complexity index is 465. The maximum absolute atomic E-state index is 12.0. The molecule has 0 aromatic rings. The van der Waals surface area contributed by atoms with Gasteiger partial charge in [0.1, 0.15) is 5.54 Å². The molecule has 6 nitrogen and oxygen atoms in total. The number of nitrogens with two attached hydrogens (primary N) is 1. The average molecular weight is 299 g/mol. The van der Waals surface area contributed by atoms with Crippen molar-refractivity contribution in [3.05, 3.63) is 11.3 Å². The third-order valence-corrected chi connectivity index (χ3v) is 4.38. The summed E-state index contributed by atoms with van der Waals surface area (Å²) in [6.07, 6.45) is -0.564. The third kappa shape index (κ3) is 3.20. The van der Waals surface area contributed by atoms with Crippen molar-refractivity contribution in [3.8, 4) is 0 Å². The Balaban J connectivity index is 3.21. The predicted octanol–water partition coefficient (Wildman–Crippen LogP) is 2.10. The van der Waals surface area contributed by atoms with Gasteiger partial charge in [-0.3, -0.25) is 0 Å². The van der Waals surface area contributed by atoms with Gasteiger partial charge in [0, 0.05) is 18.0 Å². The van der Waals surface area contributed by atoms with Crippen LogP contribution in [0.25, 0.3) is 0 Å². The number of hydrogen-bond donors (Lipinski definition) is 2. The Kier molecular flexibility index (Phi) is 5.04. The Morgan fingerprint density at radius 1 is 1.43 bits per heavy atom. The van der Waals surface area contributed by atoms with E-state index in [0.717, 1.165) is 0 Å². The van der Waals surface area contributed by atoms with Crippen LogP contribution in [-0.4, -0.2) is 46.9 Å². The topological polar surface area (TPSA) is 89.6 Å². The van der Waals surface area contributed by atoms with Crippen molar-refractivity contribution in [2.75, 3.05) is 19.7 Å². The van der Waals surface area contributed by atoms with E-state index in [1.807, 2.05) is 27.7 Å². The van der Waals surface area contributed by atoms with Crippen LogP contribution >= 0.6 is 0 Å². The van der Waals surface area contributed by atoms with Crippen molar-refractivity contribution in [2.24, 2.45) is 11.7 Å². The van der Waals surface area contributed by atoms with Crippen LogP contribution in [0.5, 0.6) is 0 Å². The van der Waals surface area contributed by atoms with Crippen LogP contribution in [0.15, 0.2) is 11.3 Å². The van der Waals surface area contributed by atoms with Crippen molar-refractivity contribution >= 4 is 12.1 Å². The van der Waals surface area contributed by atoms with Crippen LogP contribution < -0.4 is 5.73 Å². The molecule has 0 fully saturated rings. The van der Waals surface area contributed by atoms with Gasteiger partial charge in [-0.25, -0.2) is 9.28 Å². The fraction of sp³-hybridized carbons (Fsp3) is 0.733. The van der Waals surface area contributed by atoms with E-state index in [-0.39, 0.29) is 17.0 Å². The maximum Gasteiger partial charge on any atom is 0.514 e. The zero-order valence-corrected chi connectivity index (χ0v) is 13.6. The van der Waals surface area contributed by atoms with E-state index in [4.69, 9.17) is 10.5 Å². The number of carbonyl (C=O) groups is 2. The van der Waals surface area contributed by atoms with Crippen molar-refractivity contribution in [1.29, 1.82) is 0 Å². The smallest absolute Gasteiger partial charge is 0.463 e. The predicted molar refractivity (Wildman–Crippen MR) is 79.4 cm³/mol. The van der Waals surface area contributed by atoms with E-state index >= 15 is 0 Å². The molecule has 0 bridgehead atoms. The highest BCUT2D eigenvalue weighted by Gasteiger charge is 2.50. The minimum atomic E-state index is -0.882. The number of esters is 1. The van der Waals surface area contributed by atoms with Gasteiger partial charge in [-0.15, -0.1) is 0 Å². The second kappa shape index (κ2) is 6.05. The molecule has 120 valence electrons. The highest BCUT2D eigenvalue weighted by Crippen LogP contribution is 2.33. The number of nitrogens with zero attached hydrogens (tertiary/aromatic N) is 1. The monoisotopic (exact) mass is 299 g/mol. The molecule has 1 amide bonds. The lowest BCUT2D eigenvalue weighted by molar-refractivity contribution is -0.905. The first-order valence-electron chi connectivity index (χ1n) is 7.33. The molecule has 1 rings (SSSR count). The van der Waals surface area contributed by atoms with Crippen molar-refractivity contribution in [2.45, 2.75) is 46.6 Å². The van der Waals surface area contributed by atoms with E-state index < -0.39 is 17.6 Å². The maximum atomic E-state index is 12.0. The molecule has 21 heavy (non-hydrogen) atoms. The van der Waals surface area contributed by atoms with Gasteiger partial charge in [0.25, 0.3) is 0 Å². The van der Waals surface area contributed by atoms with Gasteiger partial charge in [-0.2, -0.15) is 4.79 Å². The summed E-state index contributed by atoms with van der Waals surface area (Å²) in [5.41, 5.74) is 6.50. The molecule has 0 aromatic carbocycles. The van der Waals surface area contributed by atoms with Crippen molar-refractivity contribution < 1.29 is 23.9 Å². The van der Waals surface area contributed by atoms with Crippen LogP contribution in [0.2, 0.25) is 0 Å². The van der Waals surface area contributed by atoms with Crippen LogP contribution in [0.4, 0.5) is 4.79 Å². The molecule has 0 aliphatic carbocycles. The Morgan fingerprint density at radius 2 is 2.00 bits per heavy atom. The molecule has 2 atom stereocenters. The van der Waals surface area contributed by atoms with E-state index in [0.29, 0.717) is 30.8 Å². The fourth-order valence-electron chi connectivity index (χ4n) is 2.91. The molecular formula is C15H27N2O4+. The first-order chi connectivity index (χ1) is 9.56. The molecule has 0 spiro atoms. The summed E-state index contributed by atoms with van der Waals surface area (Å²) in [5, 5.41) is 9.78. The van der Waals surface area contributed by atoms with Crippen LogP contribution in [0.1, 0.15) is 41.0 Å². The van der Waals surface area contributed by atoms with E-state index in [1.165, 1.54) is 0 Å². The summed E-state index contributed by atoms with van der Waals surface area (Å²) >= 11 is 0. The molecular weight excluding hydrogens is 272 g/mol. The molecule has 1 aliphatic heterocycles. The second-order valence-electron chi connectivity index (χ2n) is 6.63. The first kappa shape index (κ1) is 17.5. The van der Waals surface area contributed by atoms with Crippen LogP contribution in [-0.2, 0) is 9.53 Å². The van der Waals surface area contributed by atoms with Crippen molar-refractivity contribution in [1.82, 2.24) is 0 Å². The summed E-state index contributed by atoms with van der Waals surface area (Å²) in [4.78, 5) is 23.9.